The molecule has 2 aromatic heterocycles. The molecule has 0 unspecified atom stereocenters. The lowest BCUT2D eigenvalue weighted by Gasteiger charge is -2.33. The van der Waals surface area contributed by atoms with Gasteiger partial charge in [-0.2, -0.15) is 0 Å². The summed E-state index contributed by atoms with van der Waals surface area (Å²) in [6, 6.07) is 5.87. The summed E-state index contributed by atoms with van der Waals surface area (Å²) in [5.74, 6) is 1.68. The van der Waals surface area contributed by atoms with Crippen molar-refractivity contribution in [1.29, 1.82) is 0 Å². The molecule has 2 N–H and O–H groups in total. The van der Waals surface area contributed by atoms with Gasteiger partial charge in [0.05, 0.1) is 11.1 Å². The van der Waals surface area contributed by atoms with Gasteiger partial charge in [-0.25, -0.2) is 4.98 Å². The van der Waals surface area contributed by atoms with Crippen molar-refractivity contribution in [2.45, 2.75) is 32.3 Å². The Balaban J connectivity index is 1.92. The second-order valence-electron chi connectivity index (χ2n) is 6.13. The minimum absolute atomic E-state index is 0.164. The van der Waals surface area contributed by atoms with E-state index in [2.05, 4.69) is 28.8 Å². The normalized spacial score (nSPS) is 16.7. The van der Waals surface area contributed by atoms with Crippen LogP contribution in [0.2, 0.25) is 5.02 Å². The molecule has 1 aliphatic heterocycles. The predicted molar refractivity (Wildman–Crippen MR) is 83.9 cm³/mol. The fourth-order valence-corrected chi connectivity index (χ4v) is 3.08. The van der Waals surface area contributed by atoms with Crippen molar-refractivity contribution in [1.82, 2.24) is 15.0 Å². The van der Waals surface area contributed by atoms with Gasteiger partial charge in [0.2, 0.25) is 0 Å². The van der Waals surface area contributed by atoms with Crippen LogP contribution in [0.5, 0.6) is 5.75 Å². The third kappa shape index (κ3) is 2.10. The number of aromatic amines is 2. The summed E-state index contributed by atoms with van der Waals surface area (Å²) in [6.45, 7) is 4.22. The Morgan fingerprint density at radius 2 is 2.19 bits per heavy atom. The number of nitrogens with one attached hydrogen (secondary N) is 2. The number of ether oxygens (including phenoxy) is 1. The Bertz CT molecular complexity index is 803. The third-order valence-electron chi connectivity index (χ3n) is 3.96. The van der Waals surface area contributed by atoms with E-state index in [1.54, 1.807) is 0 Å². The first-order valence-corrected chi connectivity index (χ1v) is 7.44. The smallest absolute Gasteiger partial charge is 0.156 e. The van der Waals surface area contributed by atoms with Crippen molar-refractivity contribution in [2.24, 2.45) is 0 Å². The highest BCUT2D eigenvalue weighted by atomic mass is 35.5. The molecular formula is C16H16ClN3O. The van der Waals surface area contributed by atoms with Crippen LogP contribution < -0.4 is 4.74 Å². The molecule has 4 rings (SSSR count). The zero-order valence-corrected chi connectivity index (χ0v) is 12.7. The lowest BCUT2D eigenvalue weighted by Crippen LogP contribution is -2.32. The molecule has 0 bridgehead atoms. The third-order valence-corrected chi connectivity index (χ3v) is 4.18. The van der Waals surface area contributed by atoms with Gasteiger partial charge in [-0.3, -0.25) is 0 Å². The lowest BCUT2D eigenvalue weighted by molar-refractivity contribution is 0.0854. The van der Waals surface area contributed by atoms with Crippen molar-refractivity contribution in [3.63, 3.8) is 0 Å². The van der Waals surface area contributed by atoms with E-state index in [4.69, 9.17) is 16.3 Å². The van der Waals surface area contributed by atoms with E-state index in [0.29, 0.717) is 5.02 Å². The number of nitrogens with zero attached hydrogens (tertiary/aromatic N) is 1. The number of aromatic nitrogens is 3. The van der Waals surface area contributed by atoms with Crippen molar-refractivity contribution >= 4 is 22.8 Å². The monoisotopic (exact) mass is 301 g/mol. The van der Waals surface area contributed by atoms with Crippen LogP contribution in [0.3, 0.4) is 0 Å². The summed E-state index contributed by atoms with van der Waals surface area (Å²) in [6.07, 6.45) is 3.82. The highest BCUT2D eigenvalue weighted by Gasteiger charge is 2.29. The maximum Gasteiger partial charge on any atom is 0.156 e. The van der Waals surface area contributed by atoms with Gasteiger partial charge in [0.15, 0.2) is 5.65 Å². The zero-order chi connectivity index (χ0) is 14.6. The molecule has 0 atom stereocenters. The summed E-state index contributed by atoms with van der Waals surface area (Å²) in [7, 11) is 0. The number of hydrogen-bond donors (Lipinski definition) is 2. The summed E-state index contributed by atoms with van der Waals surface area (Å²) in [5, 5.41) is 0.715. The van der Waals surface area contributed by atoms with E-state index in [0.717, 1.165) is 46.7 Å². The number of aryl methyl sites for hydroxylation is 1. The Morgan fingerprint density at radius 3 is 3.00 bits per heavy atom. The van der Waals surface area contributed by atoms with E-state index >= 15 is 0 Å². The highest BCUT2D eigenvalue weighted by Crippen LogP contribution is 2.42. The van der Waals surface area contributed by atoms with E-state index in [1.807, 2.05) is 24.4 Å². The predicted octanol–water partition coefficient (Wildman–Crippen LogP) is 4.32. The van der Waals surface area contributed by atoms with E-state index in [-0.39, 0.29) is 5.60 Å². The molecule has 0 radical (unpaired) electrons. The zero-order valence-electron chi connectivity index (χ0n) is 12.0. The van der Waals surface area contributed by atoms with Gasteiger partial charge in [0.1, 0.15) is 17.2 Å². The first-order valence-electron chi connectivity index (χ1n) is 7.07. The second kappa shape index (κ2) is 4.28. The average Bonchev–Trinajstić information content (AvgIpc) is 2.98. The lowest BCUT2D eigenvalue weighted by atomic mass is 9.92. The molecule has 0 fully saturated rings. The quantitative estimate of drug-likeness (QED) is 0.703. The maximum atomic E-state index is 6.27. The Hall–Kier alpha value is -1.94. The molecule has 5 heteroatoms. The molecule has 21 heavy (non-hydrogen) atoms. The van der Waals surface area contributed by atoms with Crippen LogP contribution in [-0.2, 0) is 6.42 Å². The molecule has 0 spiro atoms. The van der Waals surface area contributed by atoms with Crippen LogP contribution in [0.15, 0.2) is 24.4 Å². The number of imidazole rings is 1. The molecule has 3 aromatic rings. The number of halogens is 1. The van der Waals surface area contributed by atoms with Gasteiger partial charge in [-0.15, -0.1) is 0 Å². The van der Waals surface area contributed by atoms with E-state index in [9.17, 15) is 0 Å². The minimum Gasteiger partial charge on any atom is -0.487 e. The van der Waals surface area contributed by atoms with E-state index < -0.39 is 0 Å². The highest BCUT2D eigenvalue weighted by molar-refractivity contribution is 6.31. The molecule has 3 heterocycles. The topological polar surface area (TPSA) is 53.7 Å². The van der Waals surface area contributed by atoms with Crippen LogP contribution in [0.4, 0.5) is 0 Å². The van der Waals surface area contributed by atoms with Crippen LogP contribution >= 0.6 is 11.6 Å². The van der Waals surface area contributed by atoms with Crippen molar-refractivity contribution in [3.05, 3.63) is 35.0 Å². The minimum atomic E-state index is -0.164. The summed E-state index contributed by atoms with van der Waals surface area (Å²) in [5.41, 5.74) is 3.73. The average molecular weight is 302 g/mol. The molecule has 0 saturated carbocycles. The number of benzene rings is 1. The van der Waals surface area contributed by atoms with Crippen LogP contribution in [0.25, 0.3) is 22.6 Å². The fourth-order valence-electron chi connectivity index (χ4n) is 2.84. The molecule has 1 aromatic carbocycles. The standard InChI is InChI=1S/C16H16ClN3O/c1-16(2)5-3-9-7-10(17)8-11(13(9)21-16)14-19-12-4-6-18-15(12)20-14/h4,6-8,18H,3,5H2,1-2H3,(H,19,20). The Morgan fingerprint density at radius 1 is 1.33 bits per heavy atom. The van der Waals surface area contributed by atoms with Crippen LogP contribution in [-0.4, -0.2) is 20.6 Å². The maximum absolute atomic E-state index is 6.27. The molecule has 4 nitrogen and oxygen atoms in total. The SMILES string of the molecule is CC1(C)CCc2cc(Cl)cc(-c3nc4[nH]ccc4[nH]3)c2O1. The van der Waals surface area contributed by atoms with Crippen LogP contribution in [0.1, 0.15) is 25.8 Å². The van der Waals surface area contributed by atoms with Gasteiger partial charge in [0.25, 0.3) is 0 Å². The van der Waals surface area contributed by atoms with Gasteiger partial charge in [-0.1, -0.05) is 11.6 Å². The van der Waals surface area contributed by atoms with E-state index in [1.165, 1.54) is 0 Å². The Labute approximate surface area is 127 Å². The largest absolute Gasteiger partial charge is 0.487 e. The van der Waals surface area contributed by atoms with Gasteiger partial charge in [0, 0.05) is 11.2 Å². The van der Waals surface area contributed by atoms with Gasteiger partial charge < -0.3 is 14.7 Å². The molecule has 108 valence electrons. The van der Waals surface area contributed by atoms with Gasteiger partial charge >= 0.3 is 0 Å². The summed E-state index contributed by atoms with van der Waals surface area (Å²) >= 11 is 6.27. The molecule has 1 aliphatic rings. The van der Waals surface area contributed by atoms with Crippen molar-refractivity contribution < 1.29 is 4.74 Å². The number of H-pyrrole nitrogens is 2. The fraction of sp³-hybridized carbons (Fsp3) is 0.312. The Kier molecular flexibility index (Phi) is 2.60. The number of fused-ring (bicyclic) bond motifs is 2. The molecular weight excluding hydrogens is 286 g/mol. The molecule has 0 amide bonds. The second-order valence-corrected chi connectivity index (χ2v) is 6.57. The molecule has 0 aliphatic carbocycles. The summed E-state index contributed by atoms with van der Waals surface area (Å²) in [4.78, 5) is 11.0. The first-order chi connectivity index (χ1) is 10.0. The van der Waals surface area contributed by atoms with Crippen LogP contribution in [0, 0.1) is 0 Å². The molecule has 0 saturated heterocycles. The summed E-state index contributed by atoms with van der Waals surface area (Å²) < 4.78 is 6.20. The van der Waals surface area contributed by atoms with Gasteiger partial charge in [-0.05, 0) is 50.5 Å². The van der Waals surface area contributed by atoms with Crippen molar-refractivity contribution in [3.8, 4) is 17.1 Å². The number of rotatable bonds is 1. The van der Waals surface area contributed by atoms with Crippen molar-refractivity contribution in [2.75, 3.05) is 0 Å². The number of hydrogen-bond acceptors (Lipinski definition) is 2. The first kappa shape index (κ1) is 12.8.